The molecule has 0 aromatic carbocycles. The summed E-state index contributed by atoms with van der Waals surface area (Å²) in [7, 11) is 4.46. The second kappa shape index (κ2) is 6.49. The van der Waals surface area contributed by atoms with E-state index in [-0.39, 0.29) is 0 Å². The van der Waals surface area contributed by atoms with Gasteiger partial charge in [-0.05, 0) is 51.7 Å². The molecule has 1 rings (SSSR count). The normalized spacial score (nSPS) is 23.0. The van der Waals surface area contributed by atoms with Gasteiger partial charge in [0.2, 0.25) is 0 Å². The molecule has 0 saturated heterocycles. The van der Waals surface area contributed by atoms with Crippen LogP contribution < -0.4 is 5.73 Å². The Balaban J connectivity index is 2.54. The van der Waals surface area contributed by atoms with Crippen LogP contribution in [0.15, 0.2) is 0 Å². The Kier molecular flexibility index (Phi) is 5.62. The van der Waals surface area contributed by atoms with E-state index in [9.17, 15) is 0 Å². The summed E-state index contributed by atoms with van der Waals surface area (Å²) in [5.41, 5.74) is 5.68. The predicted molar refractivity (Wildman–Crippen MR) is 66.9 cm³/mol. The predicted octanol–water partition coefficient (Wildman–Crippen LogP) is 2.48. The Labute approximate surface area is 95.2 Å². The minimum atomic E-state index is 0.744. The Morgan fingerprint density at radius 3 is 2.27 bits per heavy atom. The van der Waals surface area contributed by atoms with Crippen molar-refractivity contribution in [3.05, 3.63) is 0 Å². The van der Waals surface area contributed by atoms with Crippen LogP contribution in [0, 0.1) is 11.8 Å². The van der Waals surface area contributed by atoms with Gasteiger partial charge in [0.15, 0.2) is 0 Å². The van der Waals surface area contributed by atoms with Crippen LogP contribution in [0.1, 0.15) is 45.4 Å². The fraction of sp³-hybridized carbons (Fsp3) is 1.00. The van der Waals surface area contributed by atoms with E-state index in [4.69, 9.17) is 5.73 Å². The highest BCUT2D eigenvalue weighted by Crippen LogP contribution is 2.32. The molecule has 2 nitrogen and oxygen atoms in total. The van der Waals surface area contributed by atoms with Gasteiger partial charge in [-0.1, -0.05) is 26.2 Å². The lowest BCUT2D eigenvalue weighted by atomic mass is 9.78. The quantitative estimate of drug-likeness (QED) is 0.758. The van der Waals surface area contributed by atoms with Gasteiger partial charge in [-0.15, -0.1) is 0 Å². The van der Waals surface area contributed by atoms with Crippen molar-refractivity contribution >= 4 is 0 Å². The fourth-order valence-electron chi connectivity index (χ4n) is 3.30. The van der Waals surface area contributed by atoms with Gasteiger partial charge < -0.3 is 10.6 Å². The smallest absolute Gasteiger partial charge is 0.0143 e. The number of nitrogens with zero attached hydrogens (tertiary/aromatic N) is 1. The van der Waals surface area contributed by atoms with Crippen molar-refractivity contribution in [2.75, 3.05) is 20.6 Å². The van der Waals surface area contributed by atoms with Crippen molar-refractivity contribution in [3.63, 3.8) is 0 Å². The number of rotatable bonds is 5. The van der Waals surface area contributed by atoms with Crippen molar-refractivity contribution in [1.29, 1.82) is 0 Å². The second-order valence-electron chi connectivity index (χ2n) is 5.41. The lowest BCUT2D eigenvalue weighted by Crippen LogP contribution is -2.42. The van der Waals surface area contributed by atoms with Crippen LogP contribution in [-0.2, 0) is 0 Å². The fourth-order valence-corrected chi connectivity index (χ4v) is 3.30. The molecule has 2 atom stereocenters. The average Bonchev–Trinajstić information content (AvgIpc) is 2.19. The number of nitrogens with two attached hydrogens (primary N) is 1. The van der Waals surface area contributed by atoms with E-state index in [1.54, 1.807) is 0 Å². The zero-order valence-electron chi connectivity index (χ0n) is 10.7. The van der Waals surface area contributed by atoms with E-state index < -0.39 is 0 Å². The minimum Gasteiger partial charge on any atom is -0.330 e. The molecule has 15 heavy (non-hydrogen) atoms. The number of hydrogen-bond acceptors (Lipinski definition) is 2. The summed E-state index contributed by atoms with van der Waals surface area (Å²) in [5.74, 6) is 1.66. The van der Waals surface area contributed by atoms with Crippen LogP contribution >= 0.6 is 0 Å². The molecule has 0 aliphatic heterocycles. The van der Waals surface area contributed by atoms with Crippen LogP contribution in [0.4, 0.5) is 0 Å². The maximum Gasteiger partial charge on any atom is 0.0143 e. The molecule has 1 fully saturated rings. The summed E-state index contributed by atoms with van der Waals surface area (Å²) < 4.78 is 0. The van der Waals surface area contributed by atoms with Crippen molar-refractivity contribution in [2.24, 2.45) is 17.6 Å². The zero-order valence-corrected chi connectivity index (χ0v) is 10.7. The van der Waals surface area contributed by atoms with Gasteiger partial charge in [0.1, 0.15) is 0 Å². The van der Waals surface area contributed by atoms with Crippen LogP contribution in [-0.4, -0.2) is 31.6 Å². The molecule has 90 valence electrons. The maximum atomic E-state index is 5.68. The molecule has 1 aliphatic carbocycles. The summed E-state index contributed by atoms with van der Waals surface area (Å²) in [6, 6.07) is 0.744. The van der Waals surface area contributed by atoms with Gasteiger partial charge in [0.25, 0.3) is 0 Å². The van der Waals surface area contributed by atoms with Crippen molar-refractivity contribution in [3.8, 4) is 0 Å². The van der Waals surface area contributed by atoms with E-state index in [0.717, 1.165) is 24.4 Å². The van der Waals surface area contributed by atoms with Gasteiger partial charge in [0, 0.05) is 6.04 Å². The van der Waals surface area contributed by atoms with Gasteiger partial charge in [-0.3, -0.25) is 0 Å². The highest BCUT2D eigenvalue weighted by molar-refractivity contribution is 4.83. The molecule has 2 N–H and O–H groups in total. The molecule has 0 bridgehead atoms. The van der Waals surface area contributed by atoms with Crippen molar-refractivity contribution in [2.45, 2.75) is 51.5 Å². The molecule has 0 radical (unpaired) electrons. The first kappa shape index (κ1) is 13.0. The first-order chi connectivity index (χ1) is 7.16. The minimum absolute atomic E-state index is 0.744. The topological polar surface area (TPSA) is 29.3 Å². The molecule has 1 aliphatic rings. The highest BCUT2D eigenvalue weighted by Gasteiger charge is 2.29. The summed E-state index contributed by atoms with van der Waals surface area (Å²) in [5, 5.41) is 0. The third-order valence-electron chi connectivity index (χ3n) is 3.93. The van der Waals surface area contributed by atoms with Gasteiger partial charge >= 0.3 is 0 Å². The van der Waals surface area contributed by atoms with E-state index in [1.807, 2.05) is 0 Å². The van der Waals surface area contributed by atoms with E-state index in [0.29, 0.717) is 0 Å². The molecule has 1 saturated carbocycles. The van der Waals surface area contributed by atoms with Gasteiger partial charge in [0.05, 0.1) is 0 Å². The summed E-state index contributed by atoms with van der Waals surface area (Å²) in [6.45, 7) is 3.20. The monoisotopic (exact) mass is 212 g/mol. The average molecular weight is 212 g/mol. The van der Waals surface area contributed by atoms with Crippen molar-refractivity contribution in [1.82, 2.24) is 4.90 Å². The Morgan fingerprint density at radius 2 is 1.80 bits per heavy atom. The van der Waals surface area contributed by atoms with Crippen LogP contribution in [0.25, 0.3) is 0 Å². The summed E-state index contributed by atoms with van der Waals surface area (Å²) in [4.78, 5) is 2.43. The number of hydrogen-bond donors (Lipinski definition) is 1. The molecular formula is C13H28N2. The first-order valence-electron chi connectivity index (χ1n) is 6.53. The Morgan fingerprint density at radius 1 is 1.20 bits per heavy atom. The molecule has 2 heteroatoms. The molecule has 0 heterocycles. The highest BCUT2D eigenvalue weighted by atomic mass is 15.1. The third kappa shape index (κ3) is 3.76. The van der Waals surface area contributed by atoms with E-state index >= 15 is 0 Å². The lowest BCUT2D eigenvalue weighted by molar-refractivity contribution is 0.117. The lowest BCUT2D eigenvalue weighted by Gasteiger charge is -2.38. The molecule has 0 aromatic rings. The standard InChI is InChI=1S/C13H28N2/c1-11(9-10-14)13(15(2)3)12-7-5-4-6-8-12/h11-13H,4-10,14H2,1-3H3. The molecule has 0 spiro atoms. The SMILES string of the molecule is CC(CCN)C(C1CCCCC1)N(C)C. The largest absolute Gasteiger partial charge is 0.330 e. The van der Waals surface area contributed by atoms with Crippen LogP contribution in [0.2, 0.25) is 0 Å². The zero-order chi connectivity index (χ0) is 11.3. The first-order valence-corrected chi connectivity index (χ1v) is 6.53. The molecule has 0 aromatic heterocycles. The molecular weight excluding hydrogens is 184 g/mol. The Hall–Kier alpha value is -0.0800. The summed E-state index contributed by atoms with van der Waals surface area (Å²) >= 11 is 0. The second-order valence-corrected chi connectivity index (χ2v) is 5.41. The van der Waals surface area contributed by atoms with E-state index in [2.05, 4.69) is 25.9 Å². The van der Waals surface area contributed by atoms with Crippen LogP contribution in [0.3, 0.4) is 0 Å². The van der Waals surface area contributed by atoms with Gasteiger partial charge in [-0.25, -0.2) is 0 Å². The molecule has 0 amide bonds. The summed E-state index contributed by atoms with van der Waals surface area (Å²) in [6.07, 6.45) is 8.34. The van der Waals surface area contributed by atoms with E-state index in [1.165, 1.54) is 38.5 Å². The van der Waals surface area contributed by atoms with Crippen LogP contribution in [0.5, 0.6) is 0 Å². The van der Waals surface area contributed by atoms with Gasteiger partial charge in [-0.2, -0.15) is 0 Å². The van der Waals surface area contributed by atoms with Crippen molar-refractivity contribution < 1.29 is 0 Å². The Bertz CT molecular complexity index is 162. The third-order valence-corrected chi connectivity index (χ3v) is 3.93. The maximum absolute atomic E-state index is 5.68. The molecule has 2 unspecified atom stereocenters.